The lowest BCUT2D eigenvalue weighted by Gasteiger charge is -2.14. The summed E-state index contributed by atoms with van der Waals surface area (Å²) >= 11 is 0. The molecule has 1 unspecified atom stereocenters. The molecule has 1 heterocycles. The van der Waals surface area contributed by atoms with Gasteiger partial charge in [-0.2, -0.15) is 0 Å². The van der Waals surface area contributed by atoms with Crippen molar-refractivity contribution in [2.24, 2.45) is 0 Å². The molecule has 0 aliphatic rings. The average Bonchev–Trinajstić information content (AvgIpc) is 2.73. The van der Waals surface area contributed by atoms with E-state index in [9.17, 15) is 5.11 Å². The lowest BCUT2D eigenvalue weighted by molar-refractivity contribution is 0.174. The second-order valence-electron chi connectivity index (χ2n) is 6.69. The molecule has 0 spiro atoms. The van der Waals surface area contributed by atoms with E-state index in [2.05, 4.69) is 10.3 Å². The molecule has 28 heavy (non-hydrogen) atoms. The number of hydrogen-bond donors (Lipinski definition) is 2. The summed E-state index contributed by atoms with van der Waals surface area (Å²) in [5, 5.41) is 13.6. The highest BCUT2D eigenvalue weighted by molar-refractivity contribution is 5.43. The minimum absolute atomic E-state index is 0.458. The van der Waals surface area contributed by atoms with Gasteiger partial charge in [-0.25, -0.2) is 0 Å². The summed E-state index contributed by atoms with van der Waals surface area (Å²) in [4.78, 5) is 4.00. The first-order valence-electron chi connectivity index (χ1n) is 9.29. The third-order valence-corrected chi connectivity index (χ3v) is 4.50. The monoisotopic (exact) mass is 378 g/mol. The van der Waals surface area contributed by atoms with Crippen LogP contribution in [0.25, 0.3) is 0 Å². The van der Waals surface area contributed by atoms with Crippen molar-refractivity contribution in [2.45, 2.75) is 26.2 Å². The number of hydrogen-bond acceptors (Lipinski definition) is 5. The predicted molar refractivity (Wildman–Crippen MR) is 109 cm³/mol. The Labute approximate surface area is 166 Å². The Balaban J connectivity index is 1.53. The molecule has 2 N–H and O–H groups in total. The summed E-state index contributed by atoms with van der Waals surface area (Å²) < 4.78 is 11.3. The molecule has 2 aromatic carbocycles. The van der Waals surface area contributed by atoms with E-state index in [1.807, 2.05) is 61.5 Å². The highest BCUT2D eigenvalue weighted by Gasteiger charge is 2.09. The number of ether oxygens (including phenoxy) is 2. The average molecular weight is 378 g/mol. The van der Waals surface area contributed by atoms with Crippen LogP contribution in [0, 0.1) is 6.92 Å². The number of aliphatic hydroxyl groups excluding tert-OH is 1. The second-order valence-corrected chi connectivity index (χ2v) is 6.69. The minimum atomic E-state index is -0.537. The number of aliphatic hydroxyl groups is 1. The van der Waals surface area contributed by atoms with Gasteiger partial charge in [-0.1, -0.05) is 35.9 Å². The Kier molecular flexibility index (Phi) is 7.00. The highest BCUT2D eigenvalue weighted by Crippen LogP contribution is 2.29. The number of aromatic nitrogens is 1. The summed E-state index contributed by atoms with van der Waals surface area (Å²) in [5.74, 6) is 1.38. The van der Waals surface area contributed by atoms with Crippen LogP contribution in [0.3, 0.4) is 0 Å². The van der Waals surface area contributed by atoms with E-state index >= 15 is 0 Å². The number of aryl methyl sites for hydroxylation is 1. The largest absolute Gasteiger partial charge is 0.493 e. The number of nitrogens with zero attached hydrogens (tertiary/aromatic N) is 1. The number of pyridine rings is 1. The zero-order chi connectivity index (χ0) is 19.8. The molecule has 0 amide bonds. The first-order valence-corrected chi connectivity index (χ1v) is 9.29. The molecular weight excluding hydrogens is 352 g/mol. The third kappa shape index (κ3) is 5.55. The number of rotatable bonds is 9. The van der Waals surface area contributed by atoms with Crippen LogP contribution < -0.4 is 14.8 Å². The summed E-state index contributed by atoms with van der Waals surface area (Å²) in [6.07, 6.45) is 2.95. The zero-order valence-electron chi connectivity index (χ0n) is 16.3. The van der Waals surface area contributed by atoms with Crippen molar-refractivity contribution in [3.05, 3.63) is 89.2 Å². The van der Waals surface area contributed by atoms with E-state index in [0.717, 1.165) is 16.7 Å². The van der Waals surface area contributed by atoms with Crippen molar-refractivity contribution in [1.29, 1.82) is 0 Å². The van der Waals surface area contributed by atoms with Gasteiger partial charge in [0.1, 0.15) is 6.61 Å². The summed E-state index contributed by atoms with van der Waals surface area (Å²) in [5.41, 5.74) is 4.20. The fraction of sp³-hybridized carbons (Fsp3) is 0.261. The second kappa shape index (κ2) is 9.88. The number of nitrogens with one attached hydrogen (secondary N) is 1. The Hall–Kier alpha value is -2.89. The molecule has 1 aromatic heterocycles. The molecule has 0 bridgehead atoms. The molecular formula is C23H26N2O3. The molecule has 146 valence electrons. The molecule has 5 heteroatoms. The molecule has 5 nitrogen and oxygen atoms in total. The van der Waals surface area contributed by atoms with Gasteiger partial charge in [0.2, 0.25) is 0 Å². The Morgan fingerprint density at radius 1 is 0.964 bits per heavy atom. The van der Waals surface area contributed by atoms with Gasteiger partial charge < -0.3 is 19.9 Å². The van der Waals surface area contributed by atoms with Crippen LogP contribution >= 0.6 is 0 Å². The molecule has 0 aliphatic heterocycles. The van der Waals surface area contributed by atoms with E-state index in [-0.39, 0.29) is 0 Å². The summed E-state index contributed by atoms with van der Waals surface area (Å²) in [7, 11) is 1.63. The van der Waals surface area contributed by atoms with Crippen molar-refractivity contribution in [3.8, 4) is 11.5 Å². The van der Waals surface area contributed by atoms with Crippen LogP contribution in [0.15, 0.2) is 67.0 Å². The van der Waals surface area contributed by atoms with Gasteiger partial charge in [0.25, 0.3) is 0 Å². The zero-order valence-corrected chi connectivity index (χ0v) is 16.3. The van der Waals surface area contributed by atoms with Gasteiger partial charge >= 0.3 is 0 Å². The first kappa shape index (κ1) is 19.9. The van der Waals surface area contributed by atoms with Crippen LogP contribution in [0.1, 0.15) is 28.4 Å². The van der Waals surface area contributed by atoms with Crippen molar-refractivity contribution in [1.82, 2.24) is 10.3 Å². The van der Waals surface area contributed by atoms with Crippen LogP contribution in [-0.2, 0) is 13.2 Å². The lowest BCUT2D eigenvalue weighted by Crippen LogP contribution is -2.21. The molecule has 1 atom stereocenters. The Bertz CT molecular complexity index is 867. The van der Waals surface area contributed by atoms with Gasteiger partial charge in [-0.3, -0.25) is 4.98 Å². The SMILES string of the molecule is COc1cc(CNCC(O)c2ccc(C)cc2)ccc1OCc1ccncc1. The minimum Gasteiger partial charge on any atom is -0.493 e. The summed E-state index contributed by atoms with van der Waals surface area (Å²) in [6.45, 7) is 3.60. The van der Waals surface area contributed by atoms with E-state index in [0.29, 0.717) is 31.2 Å². The maximum Gasteiger partial charge on any atom is 0.161 e. The first-order chi connectivity index (χ1) is 13.7. The van der Waals surface area contributed by atoms with Gasteiger partial charge in [0.05, 0.1) is 13.2 Å². The fourth-order valence-electron chi connectivity index (χ4n) is 2.84. The fourth-order valence-corrected chi connectivity index (χ4v) is 2.84. The molecule has 0 fully saturated rings. The van der Waals surface area contributed by atoms with Gasteiger partial charge in [-0.05, 0) is 47.9 Å². The van der Waals surface area contributed by atoms with E-state index in [4.69, 9.17) is 9.47 Å². The van der Waals surface area contributed by atoms with E-state index in [1.165, 1.54) is 5.56 Å². The topological polar surface area (TPSA) is 63.6 Å². The number of benzene rings is 2. The molecule has 0 aliphatic carbocycles. The van der Waals surface area contributed by atoms with E-state index in [1.54, 1.807) is 19.5 Å². The van der Waals surface area contributed by atoms with Crippen molar-refractivity contribution < 1.29 is 14.6 Å². The highest BCUT2D eigenvalue weighted by atomic mass is 16.5. The van der Waals surface area contributed by atoms with Crippen LogP contribution in [0.2, 0.25) is 0 Å². The number of methoxy groups -OCH3 is 1. The van der Waals surface area contributed by atoms with Crippen LogP contribution in [0.4, 0.5) is 0 Å². The maximum atomic E-state index is 10.3. The van der Waals surface area contributed by atoms with Gasteiger partial charge in [0, 0.05) is 25.5 Å². The van der Waals surface area contributed by atoms with Gasteiger partial charge in [-0.15, -0.1) is 0 Å². The lowest BCUT2D eigenvalue weighted by atomic mass is 10.1. The Morgan fingerprint density at radius 2 is 1.71 bits per heavy atom. The van der Waals surface area contributed by atoms with Crippen molar-refractivity contribution >= 4 is 0 Å². The molecule has 3 aromatic rings. The van der Waals surface area contributed by atoms with Crippen molar-refractivity contribution in [2.75, 3.05) is 13.7 Å². The van der Waals surface area contributed by atoms with E-state index < -0.39 is 6.10 Å². The molecule has 0 saturated heterocycles. The predicted octanol–water partition coefficient (Wildman–Crippen LogP) is 3.80. The maximum absolute atomic E-state index is 10.3. The normalized spacial score (nSPS) is 11.8. The molecule has 3 rings (SSSR count). The smallest absolute Gasteiger partial charge is 0.161 e. The molecule has 0 radical (unpaired) electrons. The van der Waals surface area contributed by atoms with Gasteiger partial charge in [0.15, 0.2) is 11.5 Å². The van der Waals surface area contributed by atoms with Crippen LogP contribution in [0.5, 0.6) is 11.5 Å². The quantitative estimate of drug-likeness (QED) is 0.593. The summed E-state index contributed by atoms with van der Waals surface area (Å²) in [6, 6.07) is 17.6. The Morgan fingerprint density at radius 3 is 2.43 bits per heavy atom. The van der Waals surface area contributed by atoms with Crippen molar-refractivity contribution in [3.63, 3.8) is 0 Å². The molecule has 0 saturated carbocycles. The van der Waals surface area contributed by atoms with Crippen LogP contribution in [-0.4, -0.2) is 23.7 Å². The standard InChI is InChI=1S/C23H26N2O3/c1-17-3-6-20(7-4-17)21(26)15-25-14-19-5-8-22(23(13-19)27-2)28-16-18-9-11-24-12-10-18/h3-13,21,25-26H,14-16H2,1-2H3. The third-order valence-electron chi connectivity index (χ3n) is 4.50.